The van der Waals surface area contributed by atoms with Gasteiger partial charge in [-0.3, -0.25) is 4.79 Å². The second kappa shape index (κ2) is 7.34. The summed E-state index contributed by atoms with van der Waals surface area (Å²) in [5.74, 6) is -1.24. The molecule has 0 saturated carbocycles. The number of hydrogen-bond acceptors (Lipinski definition) is 5. The highest BCUT2D eigenvalue weighted by molar-refractivity contribution is 9.10. The maximum absolute atomic E-state index is 12.8. The van der Waals surface area contributed by atoms with Crippen molar-refractivity contribution in [2.45, 2.75) is 45.5 Å². The van der Waals surface area contributed by atoms with Crippen molar-refractivity contribution in [3.8, 4) is 11.9 Å². The Balaban J connectivity index is 2.95. The van der Waals surface area contributed by atoms with E-state index in [1.807, 2.05) is 6.07 Å². The van der Waals surface area contributed by atoms with Gasteiger partial charge in [0.1, 0.15) is 16.3 Å². The third-order valence-corrected chi connectivity index (χ3v) is 4.17. The summed E-state index contributed by atoms with van der Waals surface area (Å²) in [4.78, 5) is 18.9. The average Bonchev–Trinajstić information content (AvgIpc) is 2.47. The summed E-state index contributed by atoms with van der Waals surface area (Å²) in [5.41, 5.74) is -2.33. The third-order valence-electron chi connectivity index (χ3n) is 3.45. The highest BCUT2D eigenvalue weighted by Crippen LogP contribution is 2.36. The summed E-state index contributed by atoms with van der Waals surface area (Å²) in [5, 5.41) is 11.7. The third kappa shape index (κ3) is 4.56. The number of carbonyl (C=O) groups excluding carboxylic acids is 1. The van der Waals surface area contributed by atoms with Gasteiger partial charge < -0.3 is 10.1 Å². The number of nitrogens with one attached hydrogen (secondary N) is 1. The molecule has 1 rings (SSSR count). The van der Waals surface area contributed by atoms with Crippen LogP contribution < -0.4 is 10.1 Å². The van der Waals surface area contributed by atoms with E-state index in [1.54, 1.807) is 20.8 Å². The van der Waals surface area contributed by atoms with Crippen molar-refractivity contribution in [2.24, 2.45) is 5.92 Å². The van der Waals surface area contributed by atoms with Crippen molar-refractivity contribution in [1.82, 2.24) is 15.3 Å². The van der Waals surface area contributed by atoms with E-state index >= 15 is 0 Å². The number of ether oxygens (including phenoxy) is 1. The van der Waals surface area contributed by atoms with E-state index < -0.39 is 39.8 Å². The van der Waals surface area contributed by atoms with E-state index in [0.29, 0.717) is 6.33 Å². The highest BCUT2D eigenvalue weighted by Gasteiger charge is 2.37. The van der Waals surface area contributed by atoms with Crippen LogP contribution in [0.15, 0.2) is 10.8 Å². The number of halogens is 4. The molecule has 0 aromatic carbocycles. The van der Waals surface area contributed by atoms with Crippen molar-refractivity contribution in [2.75, 3.05) is 0 Å². The van der Waals surface area contributed by atoms with Gasteiger partial charge in [-0.1, -0.05) is 13.8 Å². The number of aromatic nitrogens is 2. The topological polar surface area (TPSA) is 87.9 Å². The summed E-state index contributed by atoms with van der Waals surface area (Å²) >= 11 is 2.74. The number of nitrogens with zero attached hydrogens (tertiary/aromatic N) is 3. The van der Waals surface area contributed by atoms with Crippen LogP contribution in [0, 0.1) is 17.2 Å². The predicted molar refractivity (Wildman–Crippen MR) is 81.8 cm³/mol. The maximum atomic E-state index is 12.8. The van der Waals surface area contributed by atoms with Crippen molar-refractivity contribution in [1.29, 1.82) is 5.26 Å². The molecule has 2 unspecified atom stereocenters. The van der Waals surface area contributed by atoms with Gasteiger partial charge in [-0.05, 0) is 35.7 Å². The summed E-state index contributed by atoms with van der Waals surface area (Å²) in [6.45, 7) is 6.40. The average molecular weight is 409 g/mol. The summed E-state index contributed by atoms with van der Waals surface area (Å²) in [7, 11) is 0. The van der Waals surface area contributed by atoms with Crippen molar-refractivity contribution >= 4 is 21.8 Å². The second-order valence-electron chi connectivity index (χ2n) is 5.56. The number of carbonyl (C=O) groups is 1. The van der Waals surface area contributed by atoms with Crippen LogP contribution in [0.4, 0.5) is 13.2 Å². The number of hydrogen-bond donors (Lipinski definition) is 1. The Bertz CT molecular complexity index is 660. The van der Waals surface area contributed by atoms with Crippen LogP contribution in [0.2, 0.25) is 0 Å². The zero-order valence-corrected chi connectivity index (χ0v) is 15.0. The lowest BCUT2D eigenvalue weighted by Crippen LogP contribution is -2.52. The Kier molecular flexibility index (Phi) is 6.16. The van der Waals surface area contributed by atoms with Crippen LogP contribution in [0.1, 0.15) is 33.4 Å². The first-order valence-electron chi connectivity index (χ1n) is 6.90. The van der Waals surface area contributed by atoms with Crippen molar-refractivity contribution < 1.29 is 22.7 Å². The van der Waals surface area contributed by atoms with E-state index in [2.05, 4.69) is 31.2 Å². The smallest absolute Gasteiger partial charge is 0.434 e. The normalized spacial score (nSPS) is 15.3. The van der Waals surface area contributed by atoms with Crippen LogP contribution in [0.3, 0.4) is 0 Å². The van der Waals surface area contributed by atoms with Gasteiger partial charge in [-0.2, -0.15) is 18.4 Å². The van der Waals surface area contributed by atoms with Gasteiger partial charge in [0.05, 0.1) is 6.07 Å². The first kappa shape index (κ1) is 20.2. The van der Waals surface area contributed by atoms with Crippen LogP contribution in [-0.4, -0.2) is 27.5 Å². The fraction of sp³-hybridized carbons (Fsp3) is 0.571. The molecule has 1 aromatic rings. The Hall–Kier alpha value is -1.89. The molecule has 0 bridgehead atoms. The molecule has 0 aliphatic rings. The van der Waals surface area contributed by atoms with Crippen molar-refractivity contribution in [3.63, 3.8) is 0 Å². The van der Waals surface area contributed by atoms with Crippen LogP contribution >= 0.6 is 15.9 Å². The van der Waals surface area contributed by atoms with E-state index in [0.717, 1.165) is 0 Å². The fourth-order valence-electron chi connectivity index (χ4n) is 1.51. The van der Waals surface area contributed by atoms with Gasteiger partial charge in [-0.15, -0.1) is 0 Å². The molecule has 24 heavy (non-hydrogen) atoms. The van der Waals surface area contributed by atoms with E-state index in [9.17, 15) is 23.2 Å². The number of rotatable bonds is 5. The largest absolute Gasteiger partial charge is 0.464 e. The minimum absolute atomic E-state index is 0.179. The molecule has 2 atom stereocenters. The molecular weight excluding hydrogens is 393 g/mol. The number of amides is 1. The van der Waals surface area contributed by atoms with Crippen LogP contribution in [-0.2, 0) is 11.0 Å². The minimum Gasteiger partial charge on any atom is -0.464 e. The number of alkyl halides is 3. The molecular formula is C14H16BrF3N4O2. The minimum atomic E-state index is -4.69. The lowest BCUT2D eigenvalue weighted by molar-refractivity contribution is -0.142. The van der Waals surface area contributed by atoms with Crippen LogP contribution in [0.5, 0.6) is 5.88 Å². The maximum Gasteiger partial charge on any atom is 0.434 e. The molecule has 0 fully saturated rings. The molecule has 1 N–H and O–H groups in total. The number of nitriles is 1. The zero-order chi connectivity index (χ0) is 18.7. The quantitative estimate of drug-likeness (QED) is 0.808. The monoisotopic (exact) mass is 408 g/mol. The molecule has 0 saturated heterocycles. The molecule has 1 aromatic heterocycles. The molecule has 0 aliphatic carbocycles. The molecule has 10 heteroatoms. The first-order valence-corrected chi connectivity index (χ1v) is 7.69. The molecule has 0 radical (unpaired) electrons. The van der Waals surface area contributed by atoms with E-state index in [4.69, 9.17) is 4.74 Å². The van der Waals surface area contributed by atoms with Gasteiger partial charge >= 0.3 is 6.18 Å². The first-order chi connectivity index (χ1) is 10.9. The Labute approximate surface area is 145 Å². The van der Waals surface area contributed by atoms with Gasteiger partial charge in [0, 0.05) is 0 Å². The Morgan fingerprint density at radius 3 is 2.42 bits per heavy atom. The summed E-state index contributed by atoms with van der Waals surface area (Å²) in [6, 6.07) is 2.00. The predicted octanol–water partition coefficient (Wildman–Crippen LogP) is 3.08. The Morgan fingerprint density at radius 2 is 1.96 bits per heavy atom. The SMILES string of the molecule is CC(Oc1ncnc(C(F)(F)F)c1Br)C(=O)NC(C)(C#N)C(C)C. The van der Waals surface area contributed by atoms with Gasteiger partial charge in [0.2, 0.25) is 5.88 Å². The molecule has 0 aliphatic heterocycles. The van der Waals surface area contributed by atoms with Crippen molar-refractivity contribution in [3.05, 3.63) is 16.5 Å². The highest BCUT2D eigenvalue weighted by atomic mass is 79.9. The van der Waals surface area contributed by atoms with Gasteiger partial charge in [0.15, 0.2) is 11.8 Å². The molecule has 1 heterocycles. The van der Waals surface area contributed by atoms with Gasteiger partial charge in [0.25, 0.3) is 5.91 Å². The Morgan fingerprint density at radius 1 is 1.38 bits per heavy atom. The molecule has 0 spiro atoms. The molecule has 132 valence electrons. The zero-order valence-electron chi connectivity index (χ0n) is 13.4. The molecule has 1 amide bonds. The lowest BCUT2D eigenvalue weighted by atomic mass is 9.90. The lowest BCUT2D eigenvalue weighted by Gasteiger charge is -2.28. The van der Waals surface area contributed by atoms with E-state index in [1.165, 1.54) is 6.92 Å². The standard InChI is InChI=1S/C14H16BrF3N4O2/c1-7(2)13(4,5-19)22-11(23)8(3)24-12-9(15)10(14(16,17)18)20-6-21-12/h6-8H,1-4H3,(H,22,23). The second-order valence-corrected chi connectivity index (χ2v) is 6.35. The summed E-state index contributed by atoms with van der Waals surface area (Å²) < 4.78 is 43.1. The molecule has 6 nitrogen and oxygen atoms in total. The summed E-state index contributed by atoms with van der Waals surface area (Å²) in [6.07, 6.45) is -5.16. The van der Waals surface area contributed by atoms with Gasteiger partial charge in [-0.25, -0.2) is 9.97 Å². The van der Waals surface area contributed by atoms with E-state index in [-0.39, 0.29) is 5.92 Å². The fourth-order valence-corrected chi connectivity index (χ4v) is 2.04. The van der Waals surface area contributed by atoms with Crippen LogP contribution in [0.25, 0.3) is 0 Å².